The lowest BCUT2D eigenvalue weighted by molar-refractivity contribution is -0.165. The van der Waals surface area contributed by atoms with Crippen LogP contribution >= 0.6 is 0 Å². The Morgan fingerprint density at radius 1 is 0.704 bits per heavy atom. The molecule has 1 spiro atoms. The van der Waals surface area contributed by atoms with Crippen molar-refractivity contribution in [3.63, 3.8) is 0 Å². The highest BCUT2D eigenvalue weighted by Crippen LogP contribution is 2.56. The molecule has 0 saturated carbocycles. The predicted octanol–water partition coefficient (Wildman–Crippen LogP) is 4.98. The van der Waals surface area contributed by atoms with E-state index in [0.29, 0.717) is 11.4 Å². The molecule has 0 saturated heterocycles. The molecule has 0 amide bonds. The normalized spacial score (nSPS) is 21.0. The van der Waals surface area contributed by atoms with Gasteiger partial charge in [0.2, 0.25) is 0 Å². The van der Waals surface area contributed by atoms with E-state index in [2.05, 4.69) is 53.7 Å². The first kappa shape index (κ1) is 18.0. The Bertz CT molecular complexity index is 866. The van der Waals surface area contributed by atoms with Crippen LogP contribution in [0.5, 0.6) is 11.5 Å². The number of nitrogen functional groups attached to an aromatic ring is 2. The molecule has 2 aliphatic rings. The maximum atomic E-state index is 6.56. The summed E-state index contributed by atoms with van der Waals surface area (Å²) >= 11 is 0. The van der Waals surface area contributed by atoms with Crippen molar-refractivity contribution in [1.82, 2.24) is 0 Å². The van der Waals surface area contributed by atoms with Gasteiger partial charge in [0.15, 0.2) is 11.5 Å². The van der Waals surface area contributed by atoms with Gasteiger partial charge in [-0.05, 0) is 37.1 Å². The number of nitrogens with two attached hydrogens (primary N) is 2. The van der Waals surface area contributed by atoms with Crippen LogP contribution < -0.4 is 20.9 Å². The fourth-order valence-electron chi connectivity index (χ4n) is 4.97. The molecule has 0 aliphatic carbocycles. The molecule has 2 aliphatic heterocycles. The zero-order valence-electron chi connectivity index (χ0n) is 17.2. The molecule has 0 aromatic heterocycles. The minimum Gasteiger partial charge on any atom is -0.450 e. The van der Waals surface area contributed by atoms with Crippen LogP contribution in [0.2, 0.25) is 0 Å². The van der Waals surface area contributed by atoms with E-state index in [1.54, 1.807) is 0 Å². The van der Waals surface area contributed by atoms with Gasteiger partial charge >= 0.3 is 0 Å². The summed E-state index contributed by atoms with van der Waals surface area (Å²) in [6.07, 6.45) is 1.48. The standard InChI is InChI=1S/C23H30N2O2/c1-13-7-15-19(17(24)9-13)26-23(11-21(15,3)4)12-22(5,6)16-8-14(2)10-18(25)20(16)27-23/h7-10H,11-12,24-25H2,1-6H3. The van der Waals surface area contributed by atoms with Crippen LogP contribution in [0.4, 0.5) is 11.4 Å². The molecule has 0 atom stereocenters. The number of aryl methyl sites for hydroxylation is 2. The molecule has 4 nitrogen and oxygen atoms in total. The molecule has 0 radical (unpaired) electrons. The van der Waals surface area contributed by atoms with E-state index in [9.17, 15) is 0 Å². The van der Waals surface area contributed by atoms with E-state index < -0.39 is 5.79 Å². The van der Waals surface area contributed by atoms with Crippen LogP contribution in [0.25, 0.3) is 0 Å². The van der Waals surface area contributed by atoms with Gasteiger partial charge in [-0.2, -0.15) is 0 Å². The van der Waals surface area contributed by atoms with Gasteiger partial charge in [0, 0.05) is 34.8 Å². The molecule has 2 aromatic carbocycles. The Labute approximate surface area is 161 Å². The first-order valence-corrected chi connectivity index (χ1v) is 9.62. The van der Waals surface area contributed by atoms with Crippen molar-refractivity contribution in [2.45, 2.75) is 71.0 Å². The van der Waals surface area contributed by atoms with Crippen LogP contribution in [0.15, 0.2) is 24.3 Å². The summed E-state index contributed by atoms with van der Waals surface area (Å²) in [7, 11) is 0. The summed E-state index contributed by atoms with van der Waals surface area (Å²) in [5.41, 5.74) is 18.4. The quantitative estimate of drug-likeness (QED) is 0.645. The lowest BCUT2D eigenvalue weighted by atomic mass is 9.68. The molecular formula is C23H30N2O2. The average Bonchev–Trinajstić information content (AvgIpc) is 2.49. The maximum absolute atomic E-state index is 6.56. The number of ether oxygens (including phenoxy) is 2. The maximum Gasteiger partial charge on any atom is 0.253 e. The summed E-state index contributed by atoms with van der Waals surface area (Å²) in [5, 5.41) is 0. The first-order chi connectivity index (χ1) is 12.4. The van der Waals surface area contributed by atoms with Crippen LogP contribution in [-0.2, 0) is 10.8 Å². The van der Waals surface area contributed by atoms with Gasteiger partial charge in [-0.3, -0.25) is 0 Å². The van der Waals surface area contributed by atoms with Gasteiger partial charge in [0.05, 0.1) is 11.4 Å². The fraction of sp³-hybridized carbons (Fsp3) is 0.478. The van der Waals surface area contributed by atoms with E-state index in [1.165, 1.54) is 0 Å². The van der Waals surface area contributed by atoms with Crippen LogP contribution in [0, 0.1) is 13.8 Å². The molecule has 0 unspecified atom stereocenters. The fourth-order valence-corrected chi connectivity index (χ4v) is 4.97. The van der Waals surface area contributed by atoms with Crippen LogP contribution in [-0.4, -0.2) is 5.79 Å². The Morgan fingerprint density at radius 3 is 1.44 bits per heavy atom. The zero-order chi connectivity index (χ0) is 19.8. The van der Waals surface area contributed by atoms with Crippen molar-refractivity contribution < 1.29 is 9.47 Å². The second kappa shape index (κ2) is 5.34. The largest absolute Gasteiger partial charge is 0.450 e. The molecule has 2 heterocycles. The lowest BCUT2D eigenvalue weighted by Crippen LogP contribution is -2.56. The van der Waals surface area contributed by atoms with Gasteiger partial charge in [0.25, 0.3) is 5.79 Å². The molecule has 0 fully saturated rings. The molecule has 4 N–H and O–H groups in total. The second-order valence-corrected chi connectivity index (χ2v) is 9.70. The van der Waals surface area contributed by atoms with Crippen molar-refractivity contribution >= 4 is 11.4 Å². The molecule has 27 heavy (non-hydrogen) atoms. The second-order valence-electron chi connectivity index (χ2n) is 9.70. The van der Waals surface area contributed by atoms with Gasteiger partial charge < -0.3 is 20.9 Å². The predicted molar refractivity (Wildman–Crippen MR) is 110 cm³/mol. The number of fused-ring (bicyclic) bond motifs is 2. The molecular weight excluding hydrogens is 336 g/mol. The smallest absolute Gasteiger partial charge is 0.253 e. The van der Waals surface area contributed by atoms with Crippen molar-refractivity contribution in [2.24, 2.45) is 0 Å². The summed E-state index contributed by atoms with van der Waals surface area (Å²) in [6, 6.07) is 8.29. The zero-order valence-corrected chi connectivity index (χ0v) is 17.2. The Balaban J connectivity index is 1.88. The Kier molecular flexibility index (Phi) is 3.56. The van der Waals surface area contributed by atoms with Crippen molar-refractivity contribution in [3.8, 4) is 11.5 Å². The van der Waals surface area contributed by atoms with E-state index in [-0.39, 0.29) is 10.8 Å². The minimum atomic E-state index is -0.778. The highest BCUT2D eigenvalue weighted by molar-refractivity contribution is 5.64. The Hall–Kier alpha value is -2.36. The van der Waals surface area contributed by atoms with Gasteiger partial charge in [-0.15, -0.1) is 0 Å². The highest BCUT2D eigenvalue weighted by Gasteiger charge is 2.54. The molecule has 0 bridgehead atoms. The monoisotopic (exact) mass is 366 g/mol. The summed E-state index contributed by atoms with van der Waals surface area (Å²) in [4.78, 5) is 0. The molecule has 4 rings (SSSR count). The average molecular weight is 367 g/mol. The minimum absolute atomic E-state index is 0.124. The van der Waals surface area contributed by atoms with E-state index in [0.717, 1.165) is 46.6 Å². The lowest BCUT2D eigenvalue weighted by Gasteiger charge is -2.51. The highest BCUT2D eigenvalue weighted by atomic mass is 16.7. The van der Waals surface area contributed by atoms with Crippen molar-refractivity contribution in [2.75, 3.05) is 11.5 Å². The van der Waals surface area contributed by atoms with Gasteiger partial charge in [-0.1, -0.05) is 39.8 Å². The molecule has 2 aromatic rings. The third kappa shape index (κ3) is 2.73. The summed E-state index contributed by atoms with van der Waals surface area (Å²) in [5.74, 6) is 0.725. The number of benzene rings is 2. The summed E-state index contributed by atoms with van der Waals surface area (Å²) < 4.78 is 13.1. The topological polar surface area (TPSA) is 70.5 Å². The number of hydrogen-bond donors (Lipinski definition) is 2. The third-order valence-corrected chi connectivity index (χ3v) is 5.98. The number of hydrogen-bond acceptors (Lipinski definition) is 4. The van der Waals surface area contributed by atoms with Crippen molar-refractivity contribution in [1.29, 1.82) is 0 Å². The molecule has 4 heteroatoms. The van der Waals surface area contributed by atoms with Crippen LogP contribution in [0.3, 0.4) is 0 Å². The number of rotatable bonds is 0. The van der Waals surface area contributed by atoms with Crippen molar-refractivity contribution in [3.05, 3.63) is 46.5 Å². The summed E-state index contributed by atoms with van der Waals surface area (Å²) in [6.45, 7) is 13.1. The first-order valence-electron chi connectivity index (χ1n) is 9.62. The van der Waals surface area contributed by atoms with Crippen LogP contribution in [0.1, 0.15) is 62.8 Å². The van der Waals surface area contributed by atoms with E-state index in [1.807, 2.05) is 12.1 Å². The van der Waals surface area contributed by atoms with Gasteiger partial charge in [0.1, 0.15) is 0 Å². The SMILES string of the molecule is Cc1cc(N)c2c(c1)C(C)(C)CC1(CC(C)(C)c3cc(C)cc(N)c3O1)O2. The van der Waals surface area contributed by atoms with E-state index >= 15 is 0 Å². The van der Waals surface area contributed by atoms with E-state index in [4.69, 9.17) is 20.9 Å². The number of anilines is 2. The Morgan fingerprint density at radius 2 is 1.07 bits per heavy atom. The molecule has 144 valence electrons. The third-order valence-electron chi connectivity index (χ3n) is 5.98. The van der Waals surface area contributed by atoms with Gasteiger partial charge in [-0.25, -0.2) is 0 Å².